The van der Waals surface area contributed by atoms with Crippen LogP contribution in [0.25, 0.3) is 11.1 Å². The van der Waals surface area contributed by atoms with Gasteiger partial charge in [0, 0.05) is 28.1 Å². The van der Waals surface area contributed by atoms with Gasteiger partial charge < -0.3 is 5.32 Å². The summed E-state index contributed by atoms with van der Waals surface area (Å²) in [4.78, 5) is 16.6. The standard InChI is InChI=1S/C20H14ClN3O2/c21-12-8-9-18-19(10-12)22-11-16-14(6-3-7-17(16)23-18)13-4-1-2-5-15(13)20(25)24-26/h1-11,23,26H,(H,24,25). The molecule has 0 aliphatic carbocycles. The molecule has 0 unspecified atom stereocenters. The lowest BCUT2D eigenvalue weighted by Crippen LogP contribution is -2.19. The van der Waals surface area contributed by atoms with Crippen LogP contribution in [-0.2, 0) is 0 Å². The van der Waals surface area contributed by atoms with E-state index < -0.39 is 5.91 Å². The van der Waals surface area contributed by atoms with Gasteiger partial charge in [0.2, 0.25) is 0 Å². The number of carbonyl (C=O) groups is 1. The van der Waals surface area contributed by atoms with Gasteiger partial charge in [-0.2, -0.15) is 0 Å². The summed E-state index contributed by atoms with van der Waals surface area (Å²) in [6.45, 7) is 0. The van der Waals surface area contributed by atoms with Gasteiger partial charge >= 0.3 is 0 Å². The number of aliphatic imine (C=N–C) groups is 1. The summed E-state index contributed by atoms with van der Waals surface area (Å²) in [6.07, 6.45) is 1.76. The summed E-state index contributed by atoms with van der Waals surface area (Å²) in [5, 5.41) is 13.0. The Labute approximate surface area is 154 Å². The molecule has 0 bridgehead atoms. The highest BCUT2D eigenvalue weighted by atomic mass is 35.5. The lowest BCUT2D eigenvalue weighted by Gasteiger charge is -2.14. The molecule has 128 valence electrons. The highest BCUT2D eigenvalue weighted by molar-refractivity contribution is 6.31. The van der Waals surface area contributed by atoms with Gasteiger partial charge in [-0.3, -0.25) is 15.0 Å². The molecule has 6 heteroatoms. The molecule has 1 heterocycles. The number of hydrogen-bond acceptors (Lipinski definition) is 4. The van der Waals surface area contributed by atoms with Crippen LogP contribution >= 0.6 is 11.6 Å². The number of hydrogen-bond donors (Lipinski definition) is 3. The number of fused-ring (bicyclic) bond motifs is 2. The molecule has 0 radical (unpaired) electrons. The van der Waals surface area contributed by atoms with E-state index in [1.54, 1.807) is 36.0 Å². The SMILES string of the molecule is O=C(NO)c1ccccc1-c1cccc2c1C=Nc1cc(Cl)ccc1N2. The molecule has 3 aromatic rings. The van der Waals surface area contributed by atoms with Crippen LogP contribution in [0, 0.1) is 0 Å². The zero-order valence-electron chi connectivity index (χ0n) is 13.5. The van der Waals surface area contributed by atoms with Crippen molar-refractivity contribution in [1.29, 1.82) is 0 Å². The van der Waals surface area contributed by atoms with Gasteiger partial charge in [-0.15, -0.1) is 0 Å². The first kappa shape index (κ1) is 16.3. The van der Waals surface area contributed by atoms with Gasteiger partial charge in [0.25, 0.3) is 5.91 Å². The predicted octanol–water partition coefficient (Wildman–Crippen LogP) is 4.93. The summed E-state index contributed by atoms with van der Waals surface area (Å²) in [7, 11) is 0. The Balaban J connectivity index is 1.90. The van der Waals surface area contributed by atoms with E-state index in [1.165, 1.54) is 0 Å². The van der Waals surface area contributed by atoms with E-state index >= 15 is 0 Å². The van der Waals surface area contributed by atoms with Crippen LogP contribution in [-0.4, -0.2) is 17.3 Å². The topological polar surface area (TPSA) is 73.7 Å². The van der Waals surface area contributed by atoms with Gasteiger partial charge in [0.05, 0.1) is 11.4 Å². The Hall–Kier alpha value is -3.15. The Bertz CT molecular complexity index is 1050. The van der Waals surface area contributed by atoms with Crippen molar-refractivity contribution in [2.75, 3.05) is 5.32 Å². The third-order valence-electron chi connectivity index (χ3n) is 4.23. The maximum Gasteiger partial charge on any atom is 0.275 e. The molecular weight excluding hydrogens is 350 g/mol. The average molecular weight is 364 g/mol. The molecule has 0 fully saturated rings. The number of carbonyl (C=O) groups excluding carboxylic acids is 1. The molecule has 3 N–H and O–H groups in total. The minimum atomic E-state index is -0.563. The molecule has 26 heavy (non-hydrogen) atoms. The lowest BCUT2D eigenvalue weighted by molar-refractivity contribution is 0.0707. The molecule has 0 spiro atoms. The highest BCUT2D eigenvalue weighted by Crippen LogP contribution is 2.38. The van der Waals surface area contributed by atoms with Crippen molar-refractivity contribution in [3.63, 3.8) is 0 Å². The minimum absolute atomic E-state index is 0.376. The maximum absolute atomic E-state index is 12.0. The van der Waals surface area contributed by atoms with E-state index in [2.05, 4.69) is 10.3 Å². The van der Waals surface area contributed by atoms with Crippen LogP contribution in [0.2, 0.25) is 5.02 Å². The molecule has 1 amide bonds. The first-order chi connectivity index (χ1) is 12.7. The molecule has 1 aliphatic heterocycles. The van der Waals surface area contributed by atoms with Gasteiger partial charge in [-0.25, -0.2) is 5.48 Å². The number of halogens is 1. The van der Waals surface area contributed by atoms with Crippen LogP contribution in [0.5, 0.6) is 0 Å². The molecule has 0 atom stereocenters. The summed E-state index contributed by atoms with van der Waals surface area (Å²) in [5.41, 5.74) is 6.91. The van der Waals surface area contributed by atoms with E-state index in [-0.39, 0.29) is 0 Å². The molecule has 5 nitrogen and oxygen atoms in total. The minimum Gasteiger partial charge on any atom is -0.353 e. The average Bonchev–Trinajstić information content (AvgIpc) is 2.86. The first-order valence-electron chi connectivity index (χ1n) is 7.95. The van der Waals surface area contributed by atoms with Gasteiger partial charge in [0.1, 0.15) is 0 Å². The lowest BCUT2D eigenvalue weighted by atomic mass is 9.94. The number of rotatable bonds is 2. The van der Waals surface area contributed by atoms with E-state index in [1.807, 2.05) is 36.4 Å². The number of benzene rings is 3. The van der Waals surface area contributed by atoms with Crippen molar-refractivity contribution in [2.45, 2.75) is 0 Å². The second-order valence-electron chi connectivity index (χ2n) is 5.80. The molecule has 3 aromatic carbocycles. The summed E-state index contributed by atoms with van der Waals surface area (Å²) in [5.74, 6) is -0.563. The number of anilines is 2. The quantitative estimate of drug-likeness (QED) is 0.349. The summed E-state index contributed by atoms with van der Waals surface area (Å²) >= 11 is 6.07. The molecule has 0 aromatic heterocycles. The second kappa shape index (κ2) is 6.63. The van der Waals surface area contributed by atoms with Crippen molar-refractivity contribution < 1.29 is 10.0 Å². The van der Waals surface area contributed by atoms with Crippen LogP contribution in [0.3, 0.4) is 0 Å². The smallest absolute Gasteiger partial charge is 0.275 e. The van der Waals surface area contributed by atoms with Crippen LogP contribution in [0.1, 0.15) is 15.9 Å². The van der Waals surface area contributed by atoms with Crippen molar-refractivity contribution in [3.05, 3.63) is 76.8 Å². The Morgan fingerprint density at radius 2 is 1.81 bits per heavy atom. The largest absolute Gasteiger partial charge is 0.353 e. The molecule has 4 rings (SSSR count). The Morgan fingerprint density at radius 3 is 2.65 bits per heavy atom. The summed E-state index contributed by atoms with van der Waals surface area (Å²) < 4.78 is 0. The molecule has 0 saturated heterocycles. The van der Waals surface area contributed by atoms with Gasteiger partial charge in [0.15, 0.2) is 0 Å². The van der Waals surface area contributed by atoms with Gasteiger partial charge in [-0.05, 0) is 41.5 Å². The van der Waals surface area contributed by atoms with Crippen LogP contribution in [0.4, 0.5) is 17.1 Å². The normalized spacial score (nSPS) is 11.8. The number of nitrogens with zero attached hydrogens (tertiary/aromatic N) is 1. The Kier molecular flexibility index (Phi) is 4.16. The van der Waals surface area contributed by atoms with Crippen LogP contribution < -0.4 is 10.8 Å². The molecule has 0 saturated carbocycles. The fourth-order valence-electron chi connectivity index (χ4n) is 3.02. The van der Waals surface area contributed by atoms with E-state index in [4.69, 9.17) is 16.8 Å². The van der Waals surface area contributed by atoms with E-state index in [0.29, 0.717) is 16.1 Å². The van der Waals surface area contributed by atoms with Crippen molar-refractivity contribution in [3.8, 4) is 11.1 Å². The third-order valence-corrected chi connectivity index (χ3v) is 4.47. The van der Waals surface area contributed by atoms with E-state index in [0.717, 1.165) is 28.2 Å². The van der Waals surface area contributed by atoms with Crippen LogP contribution in [0.15, 0.2) is 65.7 Å². The fourth-order valence-corrected chi connectivity index (χ4v) is 3.19. The maximum atomic E-state index is 12.0. The number of amides is 1. The monoisotopic (exact) mass is 363 g/mol. The zero-order valence-corrected chi connectivity index (χ0v) is 14.3. The van der Waals surface area contributed by atoms with E-state index in [9.17, 15) is 4.79 Å². The van der Waals surface area contributed by atoms with Gasteiger partial charge in [-0.1, -0.05) is 41.9 Å². The van der Waals surface area contributed by atoms with Crippen molar-refractivity contribution in [1.82, 2.24) is 5.48 Å². The highest BCUT2D eigenvalue weighted by Gasteiger charge is 2.18. The van der Waals surface area contributed by atoms with Crippen molar-refractivity contribution in [2.24, 2.45) is 4.99 Å². The third kappa shape index (κ3) is 2.83. The number of hydroxylamine groups is 1. The fraction of sp³-hybridized carbons (Fsp3) is 0. The molecule has 1 aliphatic rings. The number of nitrogens with one attached hydrogen (secondary N) is 2. The van der Waals surface area contributed by atoms with Crippen molar-refractivity contribution >= 4 is 40.8 Å². The second-order valence-corrected chi connectivity index (χ2v) is 6.23. The predicted molar refractivity (Wildman–Crippen MR) is 103 cm³/mol. The first-order valence-corrected chi connectivity index (χ1v) is 8.32. The Morgan fingerprint density at radius 1 is 1.00 bits per heavy atom. The zero-order chi connectivity index (χ0) is 18.1. The molecular formula is C20H14ClN3O2. The summed E-state index contributed by atoms with van der Waals surface area (Å²) in [6, 6.07) is 18.3.